The molecule has 0 spiro atoms. The molecule has 0 aliphatic rings. The number of halogens is 5. The first-order valence-corrected chi connectivity index (χ1v) is 7.83. The first kappa shape index (κ1) is 20.3. The van der Waals surface area contributed by atoms with E-state index in [4.69, 9.17) is 0 Å². The van der Waals surface area contributed by atoms with Crippen LogP contribution in [0.4, 0.5) is 27.6 Å². The molecule has 0 fully saturated rings. The second-order valence-electron chi connectivity index (χ2n) is 5.60. The van der Waals surface area contributed by atoms with Crippen LogP contribution in [0, 0.1) is 11.6 Å². The number of amides is 2. The highest BCUT2D eigenvalue weighted by molar-refractivity contribution is 6.04. The summed E-state index contributed by atoms with van der Waals surface area (Å²) in [5, 5.41) is 2.38. The van der Waals surface area contributed by atoms with Gasteiger partial charge in [-0.25, -0.2) is 8.78 Å². The summed E-state index contributed by atoms with van der Waals surface area (Å²) in [6.45, 7) is 0.936. The van der Waals surface area contributed by atoms with Crippen LogP contribution in [-0.2, 0) is 11.3 Å². The maximum absolute atomic E-state index is 13.6. The Kier molecular flexibility index (Phi) is 6.14. The van der Waals surface area contributed by atoms with Gasteiger partial charge in [-0.15, -0.1) is 0 Å². The molecule has 2 aromatic rings. The Morgan fingerprint density at radius 2 is 1.78 bits per heavy atom. The lowest BCUT2D eigenvalue weighted by Crippen LogP contribution is -2.40. The Bertz CT molecular complexity index is 852. The maximum atomic E-state index is 13.6. The van der Waals surface area contributed by atoms with Crippen molar-refractivity contribution < 1.29 is 31.5 Å². The standard InChI is InChI=1S/C18H15F5N2O2/c1-2-25(17(27)18(21,22)23)10-11-4-3-5-13(8-11)24-16(26)14-7-6-12(19)9-15(14)20/h3-9H,2,10H2,1H3,(H,24,26). The number of hydrogen-bond donors (Lipinski definition) is 1. The van der Waals surface area contributed by atoms with Gasteiger partial charge in [0.15, 0.2) is 0 Å². The van der Waals surface area contributed by atoms with E-state index in [1.807, 2.05) is 0 Å². The van der Waals surface area contributed by atoms with Crippen LogP contribution >= 0.6 is 0 Å². The molecule has 0 saturated heterocycles. The fourth-order valence-corrected chi connectivity index (χ4v) is 2.35. The van der Waals surface area contributed by atoms with Crippen LogP contribution in [0.25, 0.3) is 0 Å². The monoisotopic (exact) mass is 386 g/mol. The van der Waals surface area contributed by atoms with Crippen molar-refractivity contribution >= 4 is 17.5 Å². The van der Waals surface area contributed by atoms with E-state index in [-0.39, 0.29) is 24.3 Å². The smallest absolute Gasteiger partial charge is 0.331 e. The summed E-state index contributed by atoms with van der Waals surface area (Å²) < 4.78 is 64.3. The van der Waals surface area contributed by atoms with Crippen LogP contribution < -0.4 is 5.32 Å². The second kappa shape index (κ2) is 8.15. The average Bonchev–Trinajstić information content (AvgIpc) is 2.58. The predicted molar refractivity (Wildman–Crippen MR) is 87.9 cm³/mol. The largest absolute Gasteiger partial charge is 0.471 e. The summed E-state index contributed by atoms with van der Waals surface area (Å²) in [6, 6.07) is 8.24. The fraction of sp³-hybridized carbons (Fsp3) is 0.222. The number of rotatable bonds is 5. The van der Waals surface area contributed by atoms with E-state index in [9.17, 15) is 31.5 Å². The van der Waals surface area contributed by atoms with E-state index in [2.05, 4.69) is 5.32 Å². The number of carbonyl (C=O) groups excluding carboxylic acids is 2. The highest BCUT2D eigenvalue weighted by atomic mass is 19.4. The number of benzene rings is 2. The molecule has 2 amide bonds. The molecule has 1 N–H and O–H groups in total. The van der Waals surface area contributed by atoms with Crippen molar-refractivity contribution in [2.75, 3.05) is 11.9 Å². The SMILES string of the molecule is CCN(Cc1cccc(NC(=O)c2ccc(F)cc2F)c1)C(=O)C(F)(F)F. The molecule has 0 aliphatic heterocycles. The normalized spacial score (nSPS) is 11.2. The van der Waals surface area contributed by atoms with Crippen molar-refractivity contribution in [3.8, 4) is 0 Å². The Hall–Kier alpha value is -2.97. The molecule has 0 aliphatic carbocycles. The Balaban J connectivity index is 2.15. The quantitative estimate of drug-likeness (QED) is 0.786. The van der Waals surface area contributed by atoms with Gasteiger partial charge in [0.2, 0.25) is 0 Å². The minimum Gasteiger partial charge on any atom is -0.331 e. The van der Waals surface area contributed by atoms with Gasteiger partial charge in [0.1, 0.15) is 11.6 Å². The van der Waals surface area contributed by atoms with Gasteiger partial charge in [-0.2, -0.15) is 13.2 Å². The van der Waals surface area contributed by atoms with Crippen molar-refractivity contribution in [1.29, 1.82) is 0 Å². The van der Waals surface area contributed by atoms with E-state index >= 15 is 0 Å². The maximum Gasteiger partial charge on any atom is 0.471 e. The number of anilines is 1. The Labute approximate surface area is 151 Å². The average molecular weight is 386 g/mol. The first-order valence-electron chi connectivity index (χ1n) is 7.83. The molecular formula is C18H15F5N2O2. The van der Waals surface area contributed by atoms with Crippen molar-refractivity contribution in [2.45, 2.75) is 19.6 Å². The molecule has 0 heterocycles. The van der Waals surface area contributed by atoms with Crippen LogP contribution in [0.3, 0.4) is 0 Å². The molecule has 0 unspecified atom stereocenters. The number of hydrogen-bond acceptors (Lipinski definition) is 2. The molecule has 2 aromatic carbocycles. The summed E-state index contributed by atoms with van der Waals surface area (Å²) in [7, 11) is 0. The fourth-order valence-electron chi connectivity index (χ4n) is 2.35. The summed E-state index contributed by atoms with van der Waals surface area (Å²) in [4.78, 5) is 24.1. The zero-order valence-electron chi connectivity index (χ0n) is 14.1. The van der Waals surface area contributed by atoms with E-state index in [1.165, 1.54) is 31.2 Å². The molecule has 27 heavy (non-hydrogen) atoms. The van der Waals surface area contributed by atoms with E-state index < -0.39 is 29.6 Å². The van der Waals surface area contributed by atoms with Gasteiger partial charge in [-0.3, -0.25) is 9.59 Å². The van der Waals surface area contributed by atoms with Gasteiger partial charge in [0.25, 0.3) is 5.91 Å². The van der Waals surface area contributed by atoms with Crippen molar-refractivity contribution in [1.82, 2.24) is 4.90 Å². The van der Waals surface area contributed by atoms with Crippen LogP contribution in [0.15, 0.2) is 42.5 Å². The molecule has 9 heteroatoms. The first-order chi connectivity index (χ1) is 12.6. The highest BCUT2D eigenvalue weighted by Crippen LogP contribution is 2.21. The van der Waals surface area contributed by atoms with E-state index in [0.717, 1.165) is 12.1 Å². The van der Waals surface area contributed by atoms with Crippen LogP contribution in [-0.4, -0.2) is 29.4 Å². The van der Waals surface area contributed by atoms with Gasteiger partial charge < -0.3 is 10.2 Å². The number of carbonyl (C=O) groups is 2. The van der Waals surface area contributed by atoms with Crippen LogP contribution in [0.5, 0.6) is 0 Å². The minimum absolute atomic E-state index is 0.157. The van der Waals surface area contributed by atoms with Crippen LogP contribution in [0.2, 0.25) is 0 Å². The van der Waals surface area contributed by atoms with Gasteiger partial charge >= 0.3 is 12.1 Å². The van der Waals surface area contributed by atoms with Crippen molar-refractivity contribution in [3.05, 3.63) is 65.2 Å². The molecule has 0 atom stereocenters. The van der Waals surface area contributed by atoms with Crippen molar-refractivity contribution in [3.63, 3.8) is 0 Å². The third kappa shape index (κ3) is 5.25. The van der Waals surface area contributed by atoms with Gasteiger partial charge in [0, 0.05) is 24.8 Å². The van der Waals surface area contributed by atoms with Gasteiger partial charge in [-0.1, -0.05) is 12.1 Å². The lowest BCUT2D eigenvalue weighted by atomic mass is 10.1. The molecule has 0 bridgehead atoms. The zero-order valence-corrected chi connectivity index (χ0v) is 14.1. The van der Waals surface area contributed by atoms with E-state index in [1.54, 1.807) is 0 Å². The van der Waals surface area contributed by atoms with E-state index in [0.29, 0.717) is 16.5 Å². The summed E-state index contributed by atoms with van der Waals surface area (Å²) in [5.74, 6) is -4.69. The lowest BCUT2D eigenvalue weighted by Gasteiger charge is -2.22. The third-order valence-electron chi connectivity index (χ3n) is 3.65. The number of alkyl halides is 3. The summed E-state index contributed by atoms with van der Waals surface area (Å²) in [6.07, 6.45) is -4.98. The molecule has 144 valence electrons. The molecule has 2 rings (SSSR count). The van der Waals surface area contributed by atoms with Gasteiger partial charge in [0.05, 0.1) is 5.56 Å². The van der Waals surface area contributed by atoms with Gasteiger partial charge in [-0.05, 0) is 36.8 Å². The van der Waals surface area contributed by atoms with Crippen molar-refractivity contribution in [2.24, 2.45) is 0 Å². The lowest BCUT2D eigenvalue weighted by molar-refractivity contribution is -0.185. The Morgan fingerprint density at radius 1 is 1.07 bits per heavy atom. The molecule has 4 nitrogen and oxygen atoms in total. The van der Waals surface area contributed by atoms with Crippen LogP contribution in [0.1, 0.15) is 22.8 Å². The number of nitrogens with one attached hydrogen (secondary N) is 1. The number of nitrogens with zero attached hydrogens (tertiary/aromatic N) is 1. The molecular weight excluding hydrogens is 371 g/mol. The zero-order chi connectivity index (χ0) is 20.2. The minimum atomic E-state index is -4.98. The third-order valence-corrected chi connectivity index (χ3v) is 3.65. The molecule has 0 radical (unpaired) electrons. The summed E-state index contributed by atoms with van der Waals surface area (Å²) in [5.41, 5.74) is 0.146. The Morgan fingerprint density at radius 3 is 2.37 bits per heavy atom. The second-order valence-corrected chi connectivity index (χ2v) is 5.60. The highest BCUT2D eigenvalue weighted by Gasteiger charge is 2.41. The predicted octanol–water partition coefficient (Wildman–Crippen LogP) is 4.13. The topological polar surface area (TPSA) is 49.4 Å². The molecule has 0 aromatic heterocycles. The molecule has 0 saturated carbocycles. The summed E-state index contributed by atoms with van der Waals surface area (Å²) >= 11 is 0.